The van der Waals surface area contributed by atoms with Crippen LogP contribution < -0.4 is 16.2 Å². The van der Waals surface area contributed by atoms with Crippen molar-refractivity contribution in [1.29, 1.82) is 0 Å². The summed E-state index contributed by atoms with van der Waals surface area (Å²) in [6.45, 7) is 2.64. The fourth-order valence-corrected chi connectivity index (χ4v) is 2.61. The zero-order valence-corrected chi connectivity index (χ0v) is 12.1. The third kappa shape index (κ3) is 3.98. The average molecular weight is 303 g/mol. The lowest BCUT2D eigenvalue weighted by atomic mass is 10.1. The lowest BCUT2D eigenvalue weighted by Gasteiger charge is -2.23. The Bertz CT molecular complexity index is 491. The number of nitrogen functional groups attached to an aromatic ring is 1. The van der Waals surface area contributed by atoms with Crippen molar-refractivity contribution in [1.82, 2.24) is 9.88 Å². The van der Waals surface area contributed by atoms with Crippen molar-refractivity contribution in [2.45, 2.75) is 12.6 Å². The molecule has 1 aromatic rings. The number of rotatable bonds is 4. The fourth-order valence-electron chi connectivity index (χ4n) is 2.61. The molecule has 1 aliphatic heterocycles. The lowest BCUT2D eigenvalue weighted by Crippen LogP contribution is -2.28. The minimum atomic E-state index is -4.42. The number of pyridine rings is 1. The van der Waals surface area contributed by atoms with Crippen molar-refractivity contribution in [2.24, 2.45) is 11.8 Å². The maximum atomic E-state index is 12.9. The molecule has 0 bridgehead atoms. The van der Waals surface area contributed by atoms with Crippen LogP contribution in [-0.2, 0) is 6.18 Å². The van der Waals surface area contributed by atoms with Gasteiger partial charge in [-0.15, -0.1) is 0 Å². The minimum Gasteiger partial charge on any atom is -0.359 e. The van der Waals surface area contributed by atoms with E-state index in [0.717, 1.165) is 31.6 Å². The molecular formula is C13H20F3N5. The van der Waals surface area contributed by atoms with Crippen molar-refractivity contribution < 1.29 is 13.2 Å². The zero-order chi connectivity index (χ0) is 15.6. The number of hydrazine groups is 1. The monoisotopic (exact) mass is 303 g/mol. The lowest BCUT2D eigenvalue weighted by molar-refractivity contribution is -0.137. The number of hydrogen-bond acceptors (Lipinski definition) is 5. The summed E-state index contributed by atoms with van der Waals surface area (Å²) in [5.74, 6) is 5.92. The maximum absolute atomic E-state index is 12.9. The van der Waals surface area contributed by atoms with E-state index in [9.17, 15) is 13.2 Å². The largest absolute Gasteiger partial charge is 0.416 e. The number of alkyl halides is 3. The second kappa shape index (κ2) is 6.07. The van der Waals surface area contributed by atoms with Crippen LogP contribution >= 0.6 is 0 Å². The number of hydrogen-bond donors (Lipinski definition) is 2. The molecule has 2 rings (SSSR count). The van der Waals surface area contributed by atoms with Gasteiger partial charge in [-0.25, -0.2) is 10.8 Å². The first-order chi connectivity index (χ1) is 9.79. The average Bonchev–Trinajstić information content (AvgIpc) is 2.82. The molecule has 0 aliphatic carbocycles. The van der Waals surface area contributed by atoms with Crippen molar-refractivity contribution in [3.05, 3.63) is 17.7 Å². The second-order valence-electron chi connectivity index (χ2n) is 5.54. The van der Waals surface area contributed by atoms with E-state index in [0.29, 0.717) is 12.5 Å². The number of nitrogens with two attached hydrogens (primary N) is 1. The van der Waals surface area contributed by atoms with E-state index in [4.69, 9.17) is 5.84 Å². The summed E-state index contributed by atoms with van der Waals surface area (Å²) in [6.07, 6.45) is -3.38. The molecule has 0 aromatic carbocycles. The molecule has 1 unspecified atom stereocenters. The van der Waals surface area contributed by atoms with Gasteiger partial charge in [-0.2, -0.15) is 13.2 Å². The van der Waals surface area contributed by atoms with Crippen molar-refractivity contribution in [2.75, 3.05) is 44.1 Å². The first-order valence-corrected chi connectivity index (χ1v) is 6.75. The van der Waals surface area contributed by atoms with Gasteiger partial charge in [-0.05, 0) is 38.1 Å². The van der Waals surface area contributed by atoms with Gasteiger partial charge in [0, 0.05) is 20.1 Å². The molecule has 1 fully saturated rings. The molecule has 1 aliphatic rings. The Morgan fingerprint density at radius 3 is 2.71 bits per heavy atom. The fraction of sp³-hybridized carbons (Fsp3) is 0.615. The van der Waals surface area contributed by atoms with Crippen LogP contribution in [0.15, 0.2) is 12.1 Å². The number of halogens is 3. The van der Waals surface area contributed by atoms with Crippen molar-refractivity contribution in [3.8, 4) is 0 Å². The number of nitrogens with zero attached hydrogens (tertiary/aromatic N) is 3. The number of aromatic nitrogens is 1. The van der Waals surface area contributed by atoms with E-state index in [-0.39, 0.29) is 11.6 Å². The van der Waals surface area contributed by atoms with Crippen LogP contribution in [0.4, 0.5) is 24.8 Å². The highest BCUT2D eigenvalue weighted by molar-refractivity contribution is 5.50. The molecule has 21 heavy (non-hydrogen) atoms. The van der Waals surface area contributed by atoms with Gasteiger partial charge < -0.3 is 15.2 Å². The van der Waals surface area contributed by atoms with E-state index in [1.54, 1.807) is 11.9 Å². The standard InChI is InChI=1S/C13H20F3N5/c1-20-4-3-9(7-20)8-21(2)12-6-10(13(14,15)16)5-11(18-12)19-17/h5-6,9H,3-4,7-8,17H2,1-2H3,(H,18,19). The van der Waals surface area contributed by atoms with Crippen LogP contribution in [0.3, 0.4) is 0 Å². The predicted octanol–water partition coefficient (Wildman–Crippen LogP) is 1.77. The first-order valence-electron chi connectivity index (χ1n) is 6.75. The zero-order valence-electron chi connectivity index (χ0n) is 12.1. The number of anilines is 2. The molecule has 0 radical (unpaired) electrons. The normalized spacial score (nSPS) is 19.8. The Labute approximate surface area is 121 Å². The molecule has 118 valence electrons. The third-order valence-electron chi connectivity index (χ3n) is 3.70. The van der Waals surface area contributed by atoms with Crippen molar-refractivity contribution >= 4 is 11.6 Å². The first kappa shape index (κ1) is 15.8. The van der Waals surface area contributed by atoms with Crippen LogP contribution in [0.2, 0.25) is 0 Å². The highest BCUT2D eigenvalue weighted by atomic mass is 19.4. The van der Waals surface area contributed by atoms with Gasteiger partial charge >= 0.3 is 6.18 Å². The van der Waals surface area contributed by atoms with Crippen LogP contribution in [-0.4, -0.2) is 43.6 Å². The van der Waals surface area contributed by atoms with Gasteiger partial charge in [0.05, 0.1) is 5.56 Å². The predicted molar refractivity (Wildman–Crippen MR) is 75.9 cm³/mol. The van der Waals surface area contributed by atoms with Gasteiger partial charge in [-0.3, -0.25) is 0 Å². The highest BCUT2D eigenvalue weighted by Gasteiger charge is 2.32. The second-order valence-corrected chi connectivity index (χ2v) is 5.54. The molecule has 1 atom stereocenters. The summed E-state index contributed by atoms with van der Waals surface area (Å²) in [5, 5.41) is 0. The summed E-state index contributed by atoms with van der Waals surface area (Å²) >= 11 is 0. The van der Waals surface area contributed by atoms with E-state index >= 15 is 0 Å². The van der Waals surface area contributed by atoms with E-state index in [1.807, 2.05) is 7.05 Å². The molecule has 0 saturated carbocycles. The summed E-state index contributed by atoms with van der Waals surface area (Å²) in [7, 11) is 3.79. The molecule has 1 saturated heterocycles. The summed E-state index contributed by atoms with van der Waals surface area (Å²) in [5.41, 5.74) is 1.44. The van der Waals surface area contributed by atoms with Gasteiger partial charge in [0.15, 0.2) is 0 Å². The van der Waals surface area contributed by atoms with Crippen LogP contribution in [0, 0.1) is 5.92 Å². The molecule has 1 aromatic heterocycles. The summed E-state index contributed by atoms with van der Waals surface area (Å²) < 4.78 is 38.6. The molecule has 5 nitrogen and oxygen atoms in total. The van der Waals surface area contributed by atoms with Crippen LogP contribution in [0.25, 0.3) is 0 Å². The van der Waals surface area contributed by atoms with Crippen molar-refractivity contribution in [3.63, 3.8) is 0 Å². The third-order valence-corrected chi connectivity index (χ3v) is 3.70. The SMILES string of the molecule is CN1CCC(CN(C)c2cc(C(F)(F)F)cc(NN)n2)C1. The Balaban J connectivity index is 2.17. The Morgan fingerprint density at radius 1 is 1.48 bits per heavy atom. The smallest absolute Gasteiger partial charge is 0.359 e. The molecular weight excluding hydrogens is 283 g/mol. The maximum Gasteiger partial charge on any atom is 0.416 e. The van der Waals surface area contributed by atoms with E-state index < -0.39 is 11.7 Å². The van der Waals surface area contributed by atoms with Crippen LogP contribution in [0.5, 0.6) is 0 Å². The van der Waals surface area contributed by atoms with E-state index in [2.05, 4.69) is 15.3 Å². The molecule has 3 N–H and O–H groups in total. The van der Waals surface area contributed by atoms with E-state index in [1.165, 1.54) is 0 Å². The quantitative estimate of drug-likeness (QED) is 0.656. The molecule has 0 spiro atoms. The number of nitrogens with one attached hydrogen (secondary N) is 1. The molecule has 0 amide bonds. The Morgan fingerprint density at radius 2 is 2.19 bits per heavy atom. The Hall–Kier alpha value is -1.54. The molecule has 2 heterocycles. The topological polar surface area (TPSA) is 57.4 Å². The highest BCUT2D eigenvalue weighted by Crippen LogP contribution is 2.32. The minimum absolute atomic E-state index is 0.00946. The van der Waals surface area contributed by atoms with Gasteiger partial charge in [0.25, 0.3) is 0 Å². The molecule has 8 heteroatoms. The summed E-state index contributed by atoms with van der Waals surface area (Å²) in [4.78, 5) is 8.07. The van der Waals surface area contributed by atoms with Gasteiger partial charge in [0.1, 0.15) is 11.6 Å². The van der Waals surface area contributed by atoms with Gasteiger partial charge in [0.2, 0.25) is 0 Å². The van der Waals surface area contributed by atoms with Crippen LogP contribution in [0.1, 0.15) is 12.0 Å². The Kier molecular flexibility index (Phi) is 4.58. The number of likely N-dealkylation sites (tertiary alicyclic amines) is 1. The van der Waals surface area contributed by atoms with Gasteiger partial charge in [-0.1, -0.05) is 0 Å². The summed E-state index contributed by atoms with van der Waals surface area (Å²) in [6, 6.07) is 1.96.